The van der Waals surface area contributed by atoms with Crippen molar-refractivity contribution in [2.45, 2.75) is 19.4 Å². The van der Waals surface area contributed by atoms with Gasteiger partial charge in [-0.2, -0.15) is 5.26 Å². The van der Waals surface area contributed by atoms with E-state index >= 15 is 0 Å². The zero-order chi connectivity index (χ0) is 21.1. The zero-order valence-electron chi connectivity index (χ0n) is 17.2. The van der Waals surface area contributed by atoms with Crippen molar-refractivity contribution in [3.05, 3.63) is 53.1 Å². The predicted octanol–water partition coefficient (Wildman–Crippen LogP) is 5.31. The third kappa shape index (κ3) is 4.21. The first kappa shape index (κ1) is 20.5. The van der Waals surface area contributed by atoms with E-state index in [0.717, 1.165) is 60.2 Å². The number of hydrogen-bond acceptors (Lipinski definition) is 5. The Morgan fingerprint density at radius 1 is 1.17 bits per heavy atom. The topological polar surface area (TPSA) is 58.4 Å². The molecule has 1 unspecified atom stereocenters. The van der Waals surface area contributed by atoms with Crippen molar-refractivity contribution in [2.24, 2.45) is 5.92 Å². The average Bonchev–Trinajstić information content (AvgIpc) is 2.77. The molecule has 5 nitrogen and oxygen atoms in total. The van der Waals surface area contributed by atoms with Gasteiger partial charge in [-0.15, -0.1) is 0 Å². The number of pyridine rings is 1. The summed E-state index contributed by atoms with van der Waals surface area (Å²) in [6.45, 7) is 2.50. The summed E-state index contributed by atoms with van der Waals surface area (Å²) in [7, 11) is 3.26. The Balaban J connectivity index is 1.82. The van der Waals surface area contributed by atoms with Crippen LogP contribution in [0.3, 0.4) is 0 Å². The number of hydrogen-bond donors (Lipinski definition) is 0. The molecule has 0 saturated carbocycles. The maximum absolute atomic E-state index is 9.36. The van der Waals surface area contributed by atoms with Gasteiger partial charge in [0.15, 0.2) is 11.5 Å². The number of fused-ring (bicyclic) bond motifs is 1. The smallest absolute Gasteiger partial charge is 0.162 e. The fourth-order valence-corrected chi connectivity index (χ4v) is 4.29. The molecule has 2 aromatic carbocycles. The minimum absolute atomic E-state index is 0.0890. The summed E-state index contributed by atoms with van der Waals surface area (Å²) < 4.78 is 10.9. The standard InChI is InChI=1S/C24H24ClN3O2/c1-29-22-11-18-9-19(15-28-8-4-5-16(13-26)14-28)24(17-6-3-7-20(25)10-17)27-21(18)12-23(22)30-2/h3,6-7,9-12,16H,4-5,8,14-15H2,1-2H3. The summed E-state index contributed by atoms with van der Waals surface area (Å²) in [4.78, 5) is 7.33. The van der Waals surface area contributed by atoms with E-state index < -0.39 is 0 Å². The van der Waals surface area contributed by atoms with Crippen molar-refractivity contribution < 1.29 is 9.47 Å². The van der Waals surface area contributed by atoms with Crippen LogP contribution in [0.4, 0.5) is 0 Å². The van der Waals surface area contributed by atoms with Crippen molar-refractivity contribution in [1.29, 1.82) is 5.26 Å². The lowest BCUT2D eigenvalue weighted by Crippen LogP contribution is -2.34. The summed E-state index contributed by atoms with van der Waals surface area (Å²) in [5.74, 6) is 1.41. The Hall–Kier alpha value is -2.81. The largest absolute Gasteiger partial charge is 0.493 e. The highest BCUT2D eigenvalue weighted by atomic mass is 35.5. The van der Waals surface area contributed by atoms with Gasteiger partial charge in [-0.1, -0.05) is 23.7 Å². The van der Waals surface area contributed by atoms with Gasteiger partial charge in [0.1, 0.15) is 0 Å². The molecule has 0 aliphatic carbocycles. The molecule has 0 radical (unpaired) electrons. The van der Waals surface area contributed by atoms with Gasteiger partial charge in [0.05, 0.1) is 37.4 Å². The van der Waals surface area contributed by atoms with Gasteiger partial charge in [-0.05, 0) is 49.2 Å². The van der Waals surface area contributed by atoms with Crippen LogP contribution >= 0.6 is 11.6 Å². The molecule has 154 valence electrons. The van der Waals surface area contributed by atoms with Crippen LogP contribution in [-0.4, -0.2) is 37.2 Å². The summed E-state index contributed by atoms with van der Waals surface area (Å²) >= 11 is 6.27. The average molecular weight is 422 g/mol. The molecular formula is C24H24ClN3O2. The fraction of sp³-hybridized carbons (Fsp3) is 0.333. The molecule has 0 bridgehead atoms. The molecule has 2 heterocycles. The molecule has 1 aromatic heterocycles. The summed E-state index contributed by atoms with van der Waals surface area (Å²) in [6.07, 6.45) is 2.01. The van der Waals surface area contributed by atoms with Gasteiger partial charge in [-0.3, -0.25) is 4.90 Å². The summed E-state index contributed by atoms with van der Waals surface area (Å²) in [5, 5.41) is 11.0. The van der Waals surface area contributed by atoms with Crippen LogP contribution in [0.25, 0.3) is 22.2 Å². The van der Waals surface area contributed by atoms with Crippen LogP contribution in [0.1, 0.15) is 18.4 Å². The highest BCUT2D eigenvalue weighted by Crippen LogP contribution is 2.35. The molecule has 3 aromatic rings. The Labute approximate surface area is 181 Å². The molecule has 1 aliphatic heterocycles. The number of ether oxygens (including phenoxy) is 2. The van der Waals surface area contributed by atoms with Gasteiger partial charge in [0, 0.05) is 35.1 Å². The number of nitriles is 1. The maximum Gasteiger partial charge on any atom is 0.162 e. The SMILES string of the molecule is COc1cc2cc(CN3CCCC(C#N)C3)c(-c3cccc(Cl)c3)nc2cc1OC. The first-order valence-corrected chi connectivity index (χ1v) is 10.4. The summed E-state index contributed by atoms with van der Waals surface area (Å²) in [6, 6.07) is 16.2. The molecule has 0 amide bonds. The van der Waals surface area contributed by atoms with E-state index in [1.807, 2.05) is 36.4 Å². The van der Waals surface area contributed by atoms with Crippen molar-refractivity contribution in [3.63, 3.8) is 0 Å². The third-order valence-corrected chi connectivity index (χ3v) is 5.81. The number of halogens is 1. The van der Waals surface area contributed by atoms with Crippen molar-refractivity contribution in [3.8, 4) is 28.8 Å². The van der Waals surface area contributed by atoms with Crippen LogP contribution in [0, 0.1) is 17.2 Å². The van der Waals surface area contributed by atoms with Crippen LogP contribution < -0.4 is 9.47 Å². The quantitative estimate of drug-likeness (QED) is 0.558. The highest BCUT2D eigenvalue weighted by molar-refractivity contribution is 6.30. The third-order valence-electron chi connectivity index (χ3n) is 5.58. The van der Waals surface area contributed by atoms with Gasteiger partial charge >= 0.3 is 0 Å². The van der Waals surface area contributed by atoms with Crippen molar-refractivity contribution >= 4 is 22.5 Å². The predicted molar refractivity (Wildman–Crippen MR) is 119 cm³/mol. The summed E-state index contributed by atoms with van der Waals surface area (Å²) in [5.41, 5.74) is 3.81. The Morgan fingerprint density at radius 3 is 2.70 bits per heavy atom. The zero-order valence-corrected chi connectivity index (χ0v) is 17.9. The van der Waals surface area contributed by atoms with Gasteiger partial charge in [0.2, 0.25) is 0 Å². The Kier molecular flexibility index (Phi) is 6.08. The fourth-order valence-electron chi connectivity index (χ4n) is 4.10. The number of likely N-dealkylation sites (tertiary alicyclic amines) is 1. The number of methoxy groups -OCH3 is 2. The van der Waals surface area contributed by atoms with Gasteiger partial charge in [0.25, 0.3) is 0 Å². The van der Waals surface area contributed by atoms with Crippen LogP contribution in [-0.2, 0) is 6.54 Å². The lowest BCUT2D eigenvalue weighted by Gasteiger charge is -2.30. The van der Waals surface area contributed by atoms with E-state index in [9.17, 15) is 5.26 Å². The van der Waals surface area contributed by atoms with Gasteiger partial charge < -0.3 is 9.47 Å². The Bertz CT molecular complexity index is 1110. The number of benzene rings is 2. The number of rotatable bonds is 5. The lowest BCUT2D eigenvalue weighted by atomic mass is 9.97. The lowest BCUT2D eigenvalue weighted by molar-refractivity contribution is 0.192. The first-order valence-electron chi connectivity index (χ1n) is 10.0. The number of aromatic nitrogens is 1. The molecule has 30 heavy (non-hydrogen) atoms. The maximum atomic E-state index is 9.36. The molecule has 0 N–H and O–H groups in total. The second-order valence-electron chi connectivity index (χ2n) is 7.61. The van der Waals surface area contributed by atoms with Crippen molar-refractivity contribution in [2.75, 3.05) is 27.3 Å². The Morgan fingerprint density at radius 2 is 1.97 bits per heavy atom. The van der Waals surface area contributed by atoms with E-state index in [2.05, 4.69) is 17.0 Å². The number of nitrogens with zero attached hydrogens (tertiary/aromatic N) is 3. The molecule has 0 spiro atoms. The van der Waals surface area contributed by atoms with Crippen LogP contribution in [0.5, 0.6) is 11.5 Å². The van der Waals surface area contributed by atoms with Crippen molar-refractivity contribution in [1.82, 2.24) is 9.88 Å². The van der Waals surface area contributed by atoms with Crippen LogP contribution in [0.2, 0.25) is 5.02 Å². The van der Waals surface area contributed by atoms with Crippen LogP contribution in [0.15, 0.2) is 42.5 Å². The first-order chi connectivity index (χ1) is 14.6. The van der Waals surface area contributed by atoms with E-state index in [-0.39, 0.29) is 5.92 Å². The minimum Gasteiger partial charge on any atom is -0.493 e. The number of piperidine rings is 1. The minimum atomic E-state index is 0.0890. The molecule has 4 rings (SSSR count). The molecule has 6 heteroatoms. The molecule has 1 aliphatic rings. The normalized spacial score (nSPS) is 16.9. The van der Waals surface area contributed by atoms with E-state index in [4.69, 9.17) is 26.1 Å². The highest BCUT2D eigenvalue weighted by Gasteiger charge is 2.21. The van der Waals surface area contributed by atoms with E-state index in [0.29, 0.717) is 16.5 Å². The second-order valence-corrected chi connectivity index (χ2v) is 8.05. The van der Waals surface area contributed by atoms with Gasteiger partial charge in [-0.25, -0.2) is 4.98 Å². The molecular weight excluding hydrogens is 398 g/mol. The second kappa shape index (κ2) is 8.91. The van der Waals surface area contributed by atoms with E-state index in [1.54, 1.807) is 14.2 Å². The molecule has 1 saturated heterocycles. The van der Waals surface area contributed by atoms with E-state index in [1.165, 1.54) is 0 Å². The molecule has 1 fully saturated rings. The molecule has 1 atom stereocenters. The monoisotopic (exact) mass is 421 g/mol.